The van der Waals surface area contributed by atoms with E-state index < -0.39 is 23.8 Å². The van der Waals surface area contributed by atoms with Crippen LogP contribution < -0.4 is 30.0 Å². The first-order valence-corrected chi connectivity index (χ1v) is 18.7. The van der Waals surface area contributed by atoms with Crippen LogP contribution in [0.3, 0.4) is 0 Å². The number of fused-ring (bicyclic) bond motifs is 1. The fraction of sp³-hybridized carbons (Fsp3) is 0.400. The number of methoxy groups -OCH3 is 2. The van der Waals surface area contributed by atoms with Crippen LogP contribution in [0.1, 0.15) is 46.0 Å². The van der Waals surface area contributed by atoms with Crippen LogP contribution in [0.15, 0.2) is 53.6 Å². The topological polar surface area (TPSA) is 156 Å². The summed E-state index contributed by atoms with van der Waals surface area (Å²) >= 11 is 4.23. The zero-order valence-corrected chi connectivity index (χ0v) is 33.3. The Labute approximate surface area is 330 Å². The molecule has 6 rings (SSSR count). The molecule has 0 radical (unpaired) electrons. The lowest BCUT2D eigenvalue weighted by atomic mass is 9.98. The van der Waals surface area contributed by atoms with E-state index in [0.717, 1.165) is 58.4 Å². The van der Waals surface area contributed by atoms with Gasteiger partial charge >= 0.3 is 0 Å². The second-order valence-corrected chi connectivity index (χ2v) is 14.7. The minimum absolute atomic E-state index is 0.0572. The Morgan fingerprint density at radius 1 is 1.04 bits per heavy atom. The Morgan fingerprint density at radius 2 is 1.73 bits per heavy atom. The zero-order chi connectivity index (χ0) is 40.3. The number of ether oxygens (including phenoxy) is 3. The minimum Gasteiger partial charge on any atom is -0.496 e. The maximum atomic E-state index is 13.2. The van der Waals surface area contributed by atoms with E-state index in [-0.39, 0.29) is 35.6 Å². The van der Waals surface area contributed by atoms with E-state index in [4.69, 9.17) is 14.2 Å². The standard InChI is InChI=1S/C40H47N7O8S/c1-24(23-55-27-7-8-28(26(15-27)22-48)40(52)47(56)33-9-10-37(49)42-38(33)50)46-13-11-45(12-14-46)21-32-34(53-5)16-25(17-35(32)54-6)31-20-44(4)39(51)30-19-41-36(43(2)3)18-29(30)31/h7-8,15-20,22,24,33,56H,9-14,21,23H2,1-6H3,(H,42,49,50)/t24-,33?/m0/s1. The fourth-order valence-corrected chi connectivity index (χ4v) is 7.46. The number of aromatic nitrogens is 2. The van der Waals surface area contributed by atoms with Crippen LogP contribution in [0.2, 0.25) is 0 Å². The molecule has 2 atom stereocenters. The molecule has 0 spiro atoms. The maximum Gasteiger partial charge on any atom is 0.264 e. The quantitative estimate of drug-likeness (QED) is 0.116. The molecule has 2 aromatic heterocycles. The lowest BCUT2D eigenvalue weighted by Crippen LogP contribution is -2.51. The number of rotatable bonds is 13. The second kappa shape index (κ2) is 17.1. The number of piperazine rings is 1. The van der Waals surface area contributed by atoms with Gasteiger partial charge in [0.1, 0.15) is 35.7 Å². The van der Waals surface area contributed by atoms with Crippen molar-refractivity contribution in [3.8, 4) is 28.4 Å². The molecule has 3 amide bonds. The zero-order valence-electron chi connectivity index (χ0n) is 32.4. The lowest BCUT2D eigenvalue weighted by Gasteiger charge is -2.38. The molecule has 15 nitrogen and oxygen atoms in total. The van der Waals surface area contributed by atoms with Crippen LogP contribution >= 0.6 is 12.8 Å². The van der Waals surface area contributed by atoms with Gasteiger partial charge in [0.05, 0.1) is 30.7 Å². The Bertz CT molecular complexity index is 2190. The van der Waals surface area contributed by atoms with Gasteiger partial charge in [-0.1, -0.05) is 12.8 Å². The summed E-state index contributed by atoms with van der Waals surface area (Å²) in [5, 5.41) is 3.53. The molecule has 0 bridgehead atoms. The average Bonchev–Trinajstić information content (AvgIpc) is 3.20. The lowest BCUT2D eigenvalue weighted by molar-refractivity contribution is -0.135. The Kier molecular flexibility index (Phi) is 12.3. The molecule has 2 aliphatic heterocycles. The molecule has 1 unspecified atom stereocenters. The number of hydrogen-bond acceptors (Lipinski definition) is 13. The predicted molar refractivity (Wildman–Crippen MR) is 215 cm³/mol. The number of thiol groups is 1. The number of benzene rings is 2. The summed E-state index contributed by atoms with van der Waals surface area (Å²) in [5.41, 5.74) is 2.71. The molecule has 2 aliphatic rings. The third-order valence-electron chi connectivity index (χ3n) is 10.4. The van der Waals surface area contributed by atoms with Crippen LogP contribution in [0.4, 0.5) is 5.82 Å². The maximum absolute atomic E-state index is 13.2. The van der Waals surface area contributed by atoms with E-state index in [2.05, 4.69) is 39.8 Å². The summed E-state index contributed by atoms with van der Waals surface area (Å²) in [4.78, 5) is 73.0. The van der Waals surface area contributed by atoms with Crippen molar-refractivity contribution in [2.75, 3.05) is 66.0 Å². The number of hydrogen-bond donors (Lipinski definition) is 2. The highest BCUT2D eigenvalue weighted by Gasteiger charge is 2.34. The summed E-state index contributed by atoms with van der Waals surface area (Å²) in [6, 6.07) is 9.64. The molecule has 0 aliphatic carbocycles. The highest BCUT2D eigenvalue weighted by Crippen LogP contribution is 2.38. The second-order valence-electron chi connectivity index (χ2n) is 14.3. The molecule has 2 saturated heterocycles. The van der Waals surface area contributed by atoms with Crippen molar-refractivity contribution in [1.82, 2.24) is 29.0 Å². The number of carbonyl (C=O) groups is 4. The van der Waals surface area contributed by atoms with Gasteiger partial charge in [0.2, 0.25) is 11.8 Å². The third kappa shape index (κ3) is 8.37. The molecule has 16 heteroatoms. The first-order chi connectivity index (χ1) is 26.8. The van der Waals surface area contributed by atoms with Gasteiger partial charge < -0.3 is 23.7 Å². The molecule has 296 valence electrons. The van der Waals surface area contributed by atoms with E-state index in [1.165, 1.54) is 12.1 Å². The molecule has 56 heavy (non-hydrogen) atoms. The van der Waals surface area contributed by atoms with E-state index in [1.807, 2.05) is 43.4 Å². The van der Waals surface area contributed by atoms with Crippen molar-refractivity contribution < 1.29 is 33.4 Å². The normalized spacial score (nSPS) is 16.9. The van der Waals surface area contributed by atoms with Gasteiger partial charge in [0.15, 0.2) is 6.29 Å². The van der Waals surface area contributed by atoms with E-state index in [0.29, 0.717) is 42.1 Å². The molecule has 2 fully saturated rings. The third-order valence-corrected chi connectivity index (χ3v) is 10.9. The average molecular weight is 786 g/mol. The number of anilines is 1. The first-order valence-electron chi connectivity index (χ1n) is 18.3. The van der Waals surface area contributed by atoms with Gasteiger partial charge in [-0.05, 0) is 55.3 Å². The number of piperidine rings is 1. The van der Waals surface area contributed by atoms with Crippen molar-refractivity contribution in [3.63, 3.8) is 0 Å². The van der Waals surface area contributed by atoms with Crippen LogP contribution in [0.5, 0.6) is 17.2 Å². The molecule has 2 aromatic carbocycles. The van der Waals surface area contributed by atoms with E-state index in [9.17, 15) is 24.0 Å². The predicted octanol–water partition coefficient (Wildman–Crippen LogP) is 3.17. The van der Waals surface area contributed by atoms with Gasteiger partial charge in [-0.2, -0.15) is 0 Å². The van der Waals surface area contributed by atoms with Gasteiger partial charge in [0.25, 0.3) is 11.5 Å². The van der Waals surface area contributed by atoms with Crippen LogP contribution in [0, 0.1) is 0 Å². The molecular weight excluding hydrogens is 739 g/mol. The SMILES string of the molecule is COc1cc(-c2cn(C)c(=O)c3cnc(N(C)C)cc23)cc(OC)c1CN1CCN([C@@H](C)COc2ccc(C(=O)N(S)C3CCC(=O)NC3=O)c(C=O)c2)CC1. The Balaban J connectivity index is 1.09. The van der Waals surface area contributed by atoms with Crippen LogP contribution in [-0.4, -0.2) is 121 Å². The fourth-order valence-electron chi connectivity index (χ4n) is 7.13. The number of nitrogens with one attached hydrogen (secondary N) is 1. The number of aryl methyl sites for hydroxylation is 1. The number of aldehydes is 1. The summed E-state index contributed by atoms with van der Waals surface area (Å²) in [6.07, 6.45) is 4.27. The van der Waals surface area contributed by atoms with Crippen LogP contribution in [0.25, 0.3) is 21.9 Å². The number of imide groups is 1. The molecular formula is C40H47N7O8S. The van der Waals surface area contributed by atoms with Gasteiger partial charge in [-0.25, -0.2) is 4.98 Å². The van der Waals surface area contributed by atoms with Crippen molar-refractivity contribution in [2.45, 2.75) is 38.4 Å². The monoisotopic (exact) mass is 785 g/mol. The van der Waals surface area contributed by atoms with Gasteiger partial charge in [0, 0.05) is 95.2 Å². The highest BCUT2D eigenvalue weighted by molar-refractivity contribution is 7.78. The largest absolute Gasteiger partial charge is 0.496 e. The molecule has 0 saturated carbocycles. The van der Waals surface area contributed by atoms with Crippen molar-refractivity contribution >= 4 is 53.4 Å². The smallest absolute Gasteiger partial charge is 0.264 e. The molecule has 4 heterocycles. The van der Waals surface area contributed by atoms with Crippen LogP contribution in [-0.2, 0) is 23.2 Å². The number of amides is 3. The van der Waals surface area contributed by atoms with Crippen molar-refractivity contribution in [2.24, 2.45) is 7.05 Å². The van der Waals surface area contributed by atoms with E-state index in [1.54, 1.807) is 38.1 Å². The van der Waals surface area contributed by atoms with Gasteiger partial charge in [-0.3, -0.25) is 43.4 Å². The number of nitrogens with zero attached hydrogens (tertiary/aromatic N) is 6. The van der Waals surface area contributed by atoms with Crippen molar-refractivity contribution in [1.29, 1.82) is 0 Å². The summed E-state index contributed by atoms with van der Waals surface area (Å²) in [5.74, 6) is 0.924. The summed E-state index contributed by atoms with van der Waals surface area (Å²) in [7, 11) is 8.85. The van der Waals surface area contributed by atoms with Crippen molar-refractivity contribution in [3.05, 3.63) is 75.8 Å². The molecule has 1 N–H and O–H groups in total. The highest BCUT2D eigenvalue weighted by atomic mass is 32.1. The summed E-state index contributed by atoms with van der Waals surface area (Å²) in [6.45, 7) is 6.23. The first kappa shape index (κ1) is 40.2. The number of pyridine rings is 2. The summed E-state index contributed by atoms with van der Waals surface area (Å²) < 4.78 is 20.5. The minimum atomic E-state index is -0.931. The van der Waals surface area contributed by atoms with E-state index >= 15 is 0 Å². The number of carbonyl (C=O) groups excluding carboxylic acids is 4. The molecule has 4 aromatic rings. The van der Waals surface area contributed by atoms with Gasteiger partial charge in [-0.15, -0.1) is 0 Å². The Morgan fingerprint density at radius 3 is 2.36 bits per heavy atom. The Hall–Kier alpha value is -5.45.